The van der Waals surface area contributed by atoms with E-state index in [1.165, 1.54) is 0 Å². The minimum atomic E-state index is -0.781. The predicted octanol–water partition coefficient (Wildman–Crippen LogP) is 1.82. The van der Waals surface area contributed by atoms with E-state index in [0.717, 1.165) is 0 Å². The molecule has 1 amide bonds. The van der Waals surface area contributed by atoms with Crippen molar-refractivity contribution in [2.45, 2.75) is 25.3 Å². The van der Waals surface area contributed by atoms with Crippen LogP contribution in [0.15, 0.2) is 30.3 Å². The standard InChI is InChI=1S/C14H14N2O/c1-3-7-11(2)16-14(17)13(10-15)12-8-5-4-6-9-12/h1,4-6,8-9,11,13H,7H2,2H3,(H,16,17). The number of carbonyl (C=O) groups is 1. The third-order valence-corrected chi connectivity index (χ3v) is 2.34. The summed E-state index contributed by atoms with van der Waals surface area (Å²) in [5, 5.41) is 11.8. The van der Waals surface area contributed by atoms with Crippen LogP contribution in [0.4, 0.5) is 0 Å². The van der Waals surface area contributed by atoms with Gasteiger partial charge < -0.3 is 5.32 Å². The summed E-state index contributed by atoms with van der Waals surface area (Å²) in [5.74, 6) is 1.39. The fraction of sp³-hybridized carbons (Fsp3) is 0.286. The lowest BCUT2D eigenvalue weighted by atomic mass is 9.99. The molecule has 0 aliphatic rings. The van der Waals surface area contributed by atoms with E-state index in [4.69, 9.17) is 11.7 Å². The molecule has 0 bridgehead atoms. The largest absolute Gasteiger partial charge is 0.351 e. The highest BCUT2D eigenvalue weighted by Crippen LogP contribution is 2.14. The number of hydrogen-bond donors (Lipinski definition) is 1. The second kappa shape index (κ2) is 6.35. The molecule has 1 aromatic carbocycles. The van der Waals surface area contributed by atoms with Gasteiger partial charge in [-0.15, -0.1) is 12.3 Å². The molecule has 1 rings (SSSR count). The molecule has 0 saturated carbocycles. The van der Waals surface area contributed by atoms with Crippen LogP contribution < -0.4 is 5.32 Å². The molecule has 17 heavy (non-hydrogen) atoms. The average molecular weight is 226 g/mol. The summed E-state index contributed by atoms with van der Waals surface area (Å²) in [7, 11) is 0. The van der Waals surface area contributed by atoms with Gasteiger partial charge in [-0.2, -0.15) is 5.26 Å². The molecule has 0 saturated heterocycles. The maximum absolute atomic E-state index is 11.9. The van der Waals surface area contributed by atoms with Crippen molar-refractivity contribution in [3.8, 4) is 18.4 Å². The van der Waals surface area contributed by atoms with Crippen molar-refractivity contribution >= 4 is 5.91 Å². The molecule has 0 aliphatic carbocycles. The van der Waals surface area contributed by atoms with Crippen LogP contribution in [0.5, 0.6) is 0 Å². The maximum atomic E-state index is 11.9. The molecule has 3 heteroatoms. The molecule has 0 aromatic heterocycles. The topological polar surface area (TPSA) is 52.9 Å². The van der Waals surface area contributed by atoms with E-state index in [1.807, 2.05) is 19.1 Å². The molecule has 0 spiro atoms. The van der Waals surface area contributed by atoms with Crippen LogP contribution in [0.2, 0.25) is 0 Å². The number of hydrogen-bond acceptors (Lipinski definition) is 2. The lowest BCUT2D eigenvalue weighted by Crippen LogP contribution is -2.35. The molecule has 2 unspecified atom stereocenters. The second-order valence-electron chi connectivity index (χ2n) is 3.79. The van der Waals surface area contributed by atoms with E-state index in [0.29, 0.717) is 12.0 Å². The number of rotatable bonds is 4. The zero-order chi connectivity index (χ0) is 12.7. The van der Waals surface area contributed by atoms with Gasteiger partial charge in [0.2, 0.25) is 5.91 Å². The fourth-order valence-corrected chi connectivity index (χ4v) is 1.48. The van der Waals surface area contributed by atoms with Gasteiger partial charge in [0.15, 0.2) is 0 Å². The van der Waals surface area contributed by atoms with Gasteiger partial charge >= 0.3 is 0 Å². The Morgan fingerprint density at radius 3 is 2.65 bits per heavy atom. The molecule has 0 heterocycles. The molecule has 3 nitrogen and oxygen atoms in total. The number of carbonyl (C=O) groups excluding carboxylic acids is 1. The highest BCUT2D eigenvalue weighted by Gasteiger charge is 2.20. The van der Waals surface area contributed by atoms with E-state index in [2.05, 4.69) is 11.2 Å². The molecular weight excluding hydrogens is 212 g/mol. The van der Waals surface area contributed by atoms with Crippen molar-refractivity contribution in [1.82, 2.24) is 5.32 Å². The van der Waals surface area contributed by atoms with Gasteiger partial charge in [-0.05, 0) is 12.5 Å². The lowest BCUT2D eigenvalue weighted by molar-refractivity contribution is -0.121. The first-order valence-corrected chi connectivity index (χ1v) is 5.37. The van der Waals surface area contributed by atoms with Crippen molar-refractivity contribution < 1.29 is 4.79 Å². The van der Waals surface area contributed by atoms with E-state index in [9.17, 15) is 4.79 Å². The third-order valence-electron chi connectivity index (χ3n) is 2.34. The first-order chi connectivity index (χ1) is 8.19. The third kappa shape index (κ3) is 3.66. The van der Waals surface area contributed by atoms with E-state index in [1.54, 1.807) is 24.3 Å². The van der Waals surface area contributed by atoms with Gasteiger partial charge in [-0.1, -0.05) is 30.3 Å². The van der Waals surface area contributed by atoms with Crippen LogP contribution in [0.25, 0.3) is 0 Å². The molecule has 0 fully saturated rings. The summed E-state index contributed by atoms with van der Waals surface area (Å²) < 4.78 is 0. The molecule has 0 radical (unpaired) electrons. The molecule has 0 aliphatic heterocycles. The summed E-state index contributed by atoms with van der Waals surface area (Å²) in [6.45, 7) is 1.82. The van der Waals surface area contributed by atoms with Crippen LogP contribution in [0, 0.1) is 23.7 Å². The number of nitrogens with one attached hydrogen (secondary N) is 1. The zero-order valence-electron chi connectivity index (χ0n) is 9.68. The first-order valence-electron chi connectivity index (χ1n) is 5.37. The van der Waals surface area contributed by atoms with Gasteiger partial charge in [-0.25, -0.2) is 0 Å². The Bertz CT molecular complexity index is 453. The summed E-state index contributed by atoms with van der Waals surface area (Å²) in [6.07, 6.45) is 5.62. The minimum Gasteiger partial charge on any atom is -0.351 e. The van der Waals surface area contributed by atoms with Crippen LogP contribution in [-0.4, -0.2) is 11.9 Å². The van der Waals surface area contributed by atoms with Crippen molar-refractivity contribution in [3.05, 3.63) is 35.9 Å². The summed E-state index contributed by atoms with van der Waals surface area (Å²) >= 11 is 0. The van der Waals surface area contributed by atoms with Crippen LogP contribution in [0.1, 0.15) is 24.8 Å². The Morgan fingerprint density at radius 2 is 2.12 bits per heavy atom. The zero-order valence-corrected chi connectivity index (χ0v) is 9.68. The number of nitriles is 1. The van der Waals surface area contributed by atoms with Gasteiger partial charge in [0, 0.05) is 12.5 Å². The van der Waals surface area contributed by atoms with Crippen molar-refractivity contribution in [3.63, 3.8) is 0 Å². The van der Waals surface area contributed by atoms with E-state index in [-0.39, 0.29) is 11.9 Å². The van der Waals surface area contributed by atoms with Gasteiger partial charge in [-0.3, -0.25) is 4.79 Å². The van der Waals surface area contributed by atoms with E-state index >= 15 is 0 Å². The Balaban J connectivity index is 2.74. The predicted molar refractivity (Wildman–Crippen MR) is 65.9 cm³/mol. The quantitative estimate of drug-likeness (QED) is 0.796. The Kier molecular flexibility index (Phi) is 4.78. The smallest absolute Gasteiger partial charge is 0.242 e. The Morgan fingerprint density at radius 1 is 1.47 bits per heavy atom. The maximum Gasteiger partial charge on any atom is 0.242 e. The Hall–Kier alpha value is -2.26. The fourth-order valence-electron chi connectivity index (χ4n) is 1.48. The van der Waals surface area contributed by atoms with Crippen LogP contribution in [0.3, 0.4) is 0 Å². The summed E-state index contributed by atoms with van der Waals surface area (Å²) in [6, 6.07) is 10.9. The van der Waals surface area contributed by atoms with Gasteiger partial charge in [0.25, 0.3) is 0 Å². The van der Waals surface area contributed by atoms with Crippen LogP contribution >= 0.6 is 0 Å². The van der Waals surface area contributed by atoms with Gasteiger partial charge in [0.05, 0.1) is 6.07 Å². The highest BCUT2D eigenvalue weighted by molar-refractivity contribution is 5.86. The number of amides is 1. The summed E-state index contributed by atoms with van der Waals surface area (Å²) in [5.41, 5.74) is 0.695. The first kappa shape index (κ1) is 12.8. The average Bonchev–Trinajstić information content (AvgIpc) is 2.31. The SMILES string of the molecule is C#CCC(C)NC(=O)C(C#N)c1ccccc1. The highest BCUT2D eigenvalue weighted by atomic mass is 16.1. The van der Waals surface area contributed by atoms with Crippen molar-refractivity contribution in [1.29, 1.82) is 5.26 Å². The van der Waals surface area contributed by atoms with Crippen LogP contribution in [-0.2, 0) is 4.79 Å². The van der Waals surface area contributed by atoms with E-state index < -0.39 is 5.92 Å². The number of benzene rings is 1. The second-order valence-corrected chi connectivity index (χ2v) is 3.79. The monoisotopic (exact) mass is 226 g/mol. The summed E-state index contributed by atoms with van der Waals surface area (Å²) in [4.78, 5) is 11.9. The minimum absolute atomic E-state index is 0.118. The molecule has 2 atom stereocenters. The number of terminal acetylenes is 1. The normalized spacial score (nSPS) is 12.9. The Labute approximate surface area is 101 Å². The molecular formula is C14H14N2O. The van der Waals surface area contributed by atoms with Crippen molar-refractivity contribution in [2.75, 3.05) is 0 Å². The molecule has 1 aromatic rings. The molecule has 1 N–H and O–H groups in total. The molecule has 86 valence electrons. The van der Waals surface area contributed by atoms with Crippen molar-refractivity contribution in [2.24, 2.45) is 0 Å². The number of nitrogens with zero attached hydrogens (tertiary/aromatic N) is 1. The van der Waals surface area contributed by atoms with Gasteiger partial charge in [0.1, 0.15) is 5.92 Å². The lowest BCUT2D eigenvalue weighted by Gasteiger charge is -2.14.